The summed E-state index contributed by atoms with van der Waals surface area (Å²) in [5.41, 5.74) is 1.82. The number of hydrogen-bond donors (Lipinski definition) is 0. The maximum atomic E-state index is 2.54. The van der Waals surface area contributed by atoms with Crippen LogP contribution >= 0.6 is 0 Å². The van der Waals surface area contributed by atoms with Gasteiger partial charge in [-0.3, -0.25) is 0 Å². The summed E-state index contributed by atoms with van der Waals surface area (Å²) in [5.74, 6) is 0.821. The van der Waals surface area contributed by atoms with Crippen LogP contribution in [0.2, 0.25) is 0 Å². The van der Waals surface area contributed by atoms with Gasteiger partial charge in [0.05, 0.1) is 0 Å². The fourth-order valence-corrected chi connectivity index (χ4v) is 2.56. The molecule has 0 bridgehead atoms. The van der Waals surface area contributed by atoms with E-state index < -0.39 is 0 Å². The molecule has 88 valence electrons. The first-order valence-electron chi connectivity index (χ1n) is 6.37. The van der Waals surface area contributed by atoms with E-state index in [2.05, 4.69) is 56.0 Å². The summed E-state index contributed by atoms with van der Waals surface area (Å²) in [4.78, 5) is 2.54. The number of hydrogen-bond acceptors (Lipinski definition) is 1. The van der Waals surface area contributed by atoms with Gasteiger partial charge in [0.2, 0.25) is 0 Å². The molecule has 1 heteroatoms. The Labute approximate surface area is 99.5 Å². The van der Waals surface area contributed by atoms with Crippen molar-refractivity contribution in [2.24, 2.45) is 11.3 Å². The fraction of sp³-hybridized carbons (Fsp3) is 0.600. The van der Waals surface area contributed by atoms with Crippen molar-refractivity contribution in [3.63, 3.8) is 0 Å². The van der Waals surface area contributed by atoms with Gasteiger partial charge in [-0.2, -0.15) is 0 Å². The molecule has 0 aromatic heterocycles. The lowest BCUT2D eigenvalue weighted by molar-refractivity contribution is 0.208. The Hall–Kier alpha value is -0.980. The topological polar surface area (TPSA) is 3.24 Å². The molecule has 1 aromatic rings. The standard InChI is InChI=1S/C15H23N/c1-15(2,3)13-8-7-11-16(12-13)14-9-5-4-6-10-14/h4-6,9-10,13H,7-8,11-12H2,1-3H3. The molecule has 0 amide bonds. The average Bonchev–Trinajstić information content (AvgIpc) is 2.29. The molecule has 1 unspecified atom stereocenters. The first-order chi connectivity index (χ1) is 7.57. The maximum Gasteiger partial charge on any atom is 0.0366 e. The lowest BCUT2D eigenvalue weighted by Crippen LogP contribution is -2.40. The molecule has 2 rings (SSSR count). The fourth-order valence-electron chi connectivity index (χ4n) is 2.56. The normalized spacial score (nSPS) is 22.2. The van der Waals surface area contributed by atoms with Gasteiger partial charge in [0.25, 0.3) is 0 Å². The van der Waals surface area contributed by atoms with Crippen LogP contribution in [-0.4, -0.2) is 13.1 Å². The van der Waals surface area contributed by atoms with E-state index in [0.717, 1.165) is 5.92 Å². The van der Waals surface area contributed by atoms with E-state index >= 15 is 0 Å². The van der Waals surface area contributed by atoms with Crippen molar-refractivity contribution in [3.8, 4) is 0 Å². The van der Waals surface area contributed by atoms with Crippen LogP contribution in [0, 0.1) is 11.3 Å². The van der Waals surface area contributed by atoms with Crippen molar-refractivity contribution >= 4 is 5.69 Å². The second-order valence-corrected chi connectivity index (χ2v) is 5.99. The minimum absolute atomic E-state index is 0.438. The van der Waals surface area contributed by atoms with E-state index in [4.69, 9.17) is 0 Å². The van der Waals surface area contributed by atoms with Crippen LogP contribution in [0.25, 0.3) is 0 Å². The van der Waals surface area contributed by atoms with Gasteiger partial charge in [-0.15, -0.1) is 0 Å². The van der Waals surface area contributed by atoms with Crippen molar-refractivity contribution < 1.29 is 0 Å². The molecule has 1 aliphatic heterocycles. The molecule has 1 fully saturated rings. The second kappa shape index (κ2) is 4.48. The molecule has 0 N–H and O–H groups in total. The van der Waals surface area contributed by atoms with Gasteiger partial charge in [0, 0.05) is 18.8 Å². The molecule has 1 heterocycles. The monoisotopic (exact) mass is 217 g/mol. The Morgan fingerprint density at radius 2 is 1.81 bits per heavy atom. The molecule has 1 atom stereocenters. The van der Waals surface area contributed by atoms with Crippen molar-refractivity contribution in [2.75, 3.05) is 18.0 Å². The highest BCUT2D eigenvalue weighted by Crippen LogP contribution is 2.34. The summed E-state index contributed by atoms with van der Waals surface area (Å²) < 4.78 is 0. The first kappa shape index (κ1) is 11.5. The SMILES string of the molecule is CC(C)(C)C1CCCN(c2ccccc2)C1. The zero-order chi connectivity index (χ0) is 11.6. The zero-order valence-corrected chi connectivity index (χ0v) is 10.7. The van der Waals surface area contributed by atoms with Crippen molar-refractivity contribution in [1.82, 2.24) is 0 Å². The Bertz CT molecular complexity index is 323. The lowest BCUT2D eigenvalue weighted by Gasteiger charge is -2.40. The highest BCUT2D eigenvalue weighted by Gasteiger charge is 2.29. The largest absolute Gasteiger partial charge is 0.371 e. The molecule has 16 heavy (non-hydrogen) atoms. The van der Waals surface area contributed by atoms with Crippen LogP contribution in [0.4, 0.5) is 5.69 Å². The number of anilines is 1. The smallest absolute Gasteiger partial charge is 0.0366 e. The summed E-state index contributed by atoms with van der Waals surface area (Å²) in [6, 6.07) is 10.8. The average molecular weight is 217 g/mol. The molecule has 1 nitrogen and oxygen atoms in total. The Morgan fingerprint density at radius 3 is 2.44 bits per heavy atom. The van der Waals surface area contributed by atoms with E-state index in [1.807, 2.05) is 0 Å². The maximum absolute atomic E-state index is 2.54. The minimum atomic E-state index is 0.438. The van der Waals surface area contributed by atoms with E-state index in [1.54, 1.807) is 0 Å². The van der Waals surface area contributed by atoms with Gasteiger partial charge in [-0.25, -0.2) is 0 Å². The molecule has 0 saturated carbocycles. The summed E-state index contributed by atoms with van der Waals surface area (Å²) in [5, 5.41) is 0. The zero-order valence-electron chi connectivity index (χ0n) is 10.7. The molecule has 0 aliphatic carbocycles. The van der Waals surface area contributed by atoms with E-state index in [9.17, 15) is 0 Å². The van der Waals surface area contributed by atoms with Crippen molar-refractivity contribution in [2.45, 2.75) is 33.6 Å². The first-order valence-corrected chi connectivity index (χ1v) is 6.37. The number of piperidine rings is 1. The van der Waals surface area contributed by atoms with Crippen LogP contribution in [0.15, 0.2) is 30.3 Å². The molecule has 1 aromatic carbocycles. The number of rotatable bonds is 1. The van der Waals surface area contributed by atoms with Gasteiger partial charge in [0.1, 0.15) is 0 Å². The summed E-state index contributed by atoms with van der Waals surface area (Å²) >= 11 is 0. The quantitative estimate of drug-likeness (QED) is 0.688. The van der Waals surface area contributed by atoms with Crippen LogP contribution < -0.4 is 4.90 Å². The Balaban J connectivity index is 2.08. The number of nitrogens with zero attached hydrogens (tertiary/aromatic N) is 1. The van der Waals surface area contributed by atoms with Gasteiger partial charge in [0.15, 0.2) is 0 Å². The van der Waals surface area contributed by atoms with E-state index in [1.165, 1.54) is 31.6 Å². The number of para-hydroxylation sites is 1. The Morgan fingerprint density at radius 1 is 1.12 bits per heavy atom. The third kappa shape index (κ3) is 2.58. The van der Waals surface area contributed by atoms with Crippen LogP contribution in [0.5, 0.6) is 0 Å². The molecule has 0 radical (unpaired) electrons. The molecular weight excluding hydrogens is 194 g/mol. The third-order valence-electron chi connectivity index (χ3n) is 3.77. The van der Waals surface area contributed by atoms with Crippen molar-refractivity contribution in [1.29, 1.82) is 0 Å². The second-order valence-electron chi connectivity index (χ2n) is 5.99. The van der Waals surface area contributed by atoms with Gasteiger partial charge < -0.3 is 4.90 Å². The molecule has 0 spiro atoms. The highest BCUT2D eigenvalue weighted by molar-refractivity contribution is 5.46. The van der Waals surface area contributed by atoms with E-state index in [-0.39, 0.29) is 0 Å². The van der Waals surface area contributed by atoms with Gasteiger partial charge >= 0.3 is 0 Å². The van der Waals surface area contributed by atoms with E-state index in [0.29, 0.717) is 5.41 Å². The summed E-state index contributed by atoms with van der Waals surface area (Å²) in [6.07, 6.45) is 2.71. The number of benzene rings is 1. The van der Waals surface area contributed by atoms with Crippen LogP contribution in [0.1, 0.15) is 33.6 Å². The summed E-state index contributed by atoms with van der Waals surface area (Å²) in [7, 11) is 0. The summed E-state index contributed by atoms with van der Waals surface area (Å²) in [6.45, 7) is 9.54. The van der Waals surface area contributed by atoms with Gasteiger partial charge in [-0.05, 0) is 36.3 Å². The van der Waals surface area contributed by atoms with Crippen LogP contribution in [-0.2, 0) is 0 Å². The lowest BCUT2D eigenvalue weighted by atomic mass is 9.76. The Kier molecular flexibility index (Phi) is 3.22. The molecular formula is C15H23N. The molecule has 1 aliphatic rings. The molecule has 1 saturated heterocycles. The van der Waals surface area contributed by atoms with Crippen LogP contribution in [0.3, 0.4) is 0 Å². The predicted octanol–water partition coefficient (Wildman–Crippen LogP) is 3.95. The highest BCUT2D eigenvalue weighted by atomic mass is 15.1. The third-order valence-corrected chi connectivity index (χ3v) is 3.77. The minimum Gasteiger partial charge on any atom is -0.371 e. The van der Waals surface area contributed by atoms with Crippen molar-refractivity contribution in [3.05, 3.63) is 30.3 Å². The predicted molar refractivity (Wildman–Crippen MR) is 70.8 cm³/mol. The van der Waals surface area contributed by atoms with Gasteiger partial charge in [-0.1, -0.05) is 39.0 Å².